The van der Waals surface area contributed by atoms with Crippen molar-refractivity contribution in [2.45, 2.75) is 32.0 Å². The molecule has 1 heterocycles. The average Bonchev–Trinajstić information content (AvgIpc) is 2.62. The third-order valence-electron chi connectivity index (χ3n) is 3.57. The fourth-order valence-corrected chi connectivity index (χ4v) is 5.78. The second-order valence-corrected chi connectivity index (χ2v) is 9.98. The largest absolute Gasteiger partial charge is 0.298 e. The molecule has 0 spiro atoms. The molecule has 1 nitrogen and oxygen atoms in total. The van der Waals surface area contributed by atoms with E-state index in [1.807, 2.05) is 30.3 Å². The van der Waals surface area contributed by atoms with E-state index in [0.717, 1.165) is 23.8 Å². The summed E-state index contributed by atoms with van der Waals surface area (Å²) in [6.45, 7) is 4.75. The van der Waals surface area contributed by atoms with E-state index in [4.69, 9.17) is 0 Å². The Morgan fingerprint density at radius 1 is 1.25 bits per heavy atom. The third kappa shape index (κ3) is 2.02. The van der Waals surface area contributed by atoms with Gasteiger partial charge in [-0.2, -0.15) is 0 Å². The molecule has 0 radical (unpaired) electrons. The first-order valence-corrected chi connectivity index (χ1v) is 9.10. The maximum Gasteiger partial charge on any atom is 0.150 e. The topological polar surface area (TPSA) is 17.1 Å². The molecule has 1 aromatic carbocycles. The lowest BCUT2D eigenvalue weighted by atomic mass is 10.1. The van der Waals surface area contributed by atoms with Crippen LogP contribution in [-0.2, 0) is 4.79 Å². The van der Waals surface area contributed by atoms with E-state index in [9.17, 15) is 4.79 Å². The summed E-state index contributed by atoms with van der Waals surface area (Å²) in [6, 6.07) is 11.4. The fraction of sp³-hybridized carbons (Fsp3) is 0.357. The van der Waals surface area contributed by atoms with Crippen molar-refractivity contribution in [1.29, 1.82) is 0 Å². The number of carbonyl (C=O) groups excluding carboxylic acids is 1. The van der Waals surface area contributed by atoms with Crippen LogP contribution in [0.4, 0.5) is 0 Å². The number of rotatable bonds is 2. The van der Waals surface area contributed by atoms with Crippen LogP contribution in [0.1, 0.15) is 18.4 Å². The van der Waals surface area contributed by atoms with E-state index >= 15 is 0 Å². The van der Waals surface area contributed by atoms with E-state index in [0.29, 0.717) is 0 Å². The number of aldehydes is 1. The molecular weight excluding hydrogens is 212 g/mol. The van der Waals surface area contributed by atoms with Crippen molar-refractivity contribution in [2.24, 2.45) is 0 Å². The quantitative estimate of drug-likeness (QED) is 0.430. The molecule has 0 amide bonds. The number of allylic oxidation sites excluding steroid dienone is 2. The summed E-state index contributed by atoms with van der Waals surface area (Å²) in [6.07, 6.45) is 3.45. The van der Waals surface area contributed by atoms with Gasteiger partial charge in [-0.15, -0.1) is 0 Å². The summed E-state index contributed by atoms with van der Waals surface area (Å²) in [5.74, 6) is 0. The zero-order chi connectivity index (χ0) is 11.6. The Morgan fingerprint density at radius 3 is 2.44 bits per heavy atom. The molecule has 0 bridgehead atoms. The predicted molar refractivity (Wildman–Crippen MR) is 70.9 cm³/mol. The van der Waals surface area contributed by atoms with Gasteiger partial charge in [-0.25, -0.2) is 0 Å². The number of carbonyl (C=O) groups is 1. The minimum Gasteiger partial charge on any atom is -0.298 e. The first-order chi connectivity index (χ1) is 7.65. The lowest BCUT2D eigenvalue weighted by Crippen LogP contribution is -2.24. The van der Waals surface area contributed by atoms with Gasteiger partial charge in [-0.3, -0.25) is 4.79 Å². The molecule has 1 aliphatic heterocycles. The highest BCUT2D eigenvalue weighted by Crippen LogP contribution is 2.38. The zero-order valence-corrected chi connectivity index (χ0v) is 11.0. The number of hydrogen-bond donors (Lipinski definition) is 0. The maximum atomic E-state index is 11.3. The molecule has 84 valence electrons. The van der Waals surface area contributed by atoms with Crippen LogP contribution in [0.5, 0.6) is 0 Å². The van der Waals surface area contributed by atoms with Crippen molar-refractivity contribution in [3.8, 4) is 0 Å². The summed E-state index contributed by atoms with van der Waals surface area (Å²) in [7, 11) is -1.29. The van der Waals surface area contributed by atoms with Gasteiger partial charge in [0.05, 0.1) is 8.07 Å². The Hall–Kier alpha value is -1.15. The van der Waals surface area contributed by atoms with Crippen LogP contribution in [0.3, 0.4) is 0 Å². The van der Waals surface area contributed by atoms with Crippen molar-refractivity contribution in [1.82, 2.24) is 0 Å². The minimum absolute atomic E-state index is 0.967. The highest BCUT2D eigenvalue weighted by Gasteiger charge is 2.33. The molecule has 1 fully saturated rings. The van der Waals surface area contributed by atoms with Gasteiger partial charge in [0.1, 0.15) is 6.29 Å². The summed E-state index contributed by atoms with van der Waals surface area (Å²) in [4.78, 5) is 11.3. The van der Waals surface area contributed by atoms with E-state index < -0.39 is 8.07 Å². The Morgan fingerprint density at radius 2 is 1.94 bits per heavy atom. The van der Waals surface area contributed by atoms with Crippen LogP contribution in [-0.4, -0.2) is 14.4 Å². The van der Waals surface area contributed by atoms with E-state index in [2.05, 4.69) is 13.1 Å². The molecule has 16 heavy (non-hydrogen) atoms. The van der Waals surface area contributed by atoms with Crippen molar-refractivity contribution >= 4 is 19.9 Å². The average molecular weight is 230 g/mol. The van der Waals surface area contributed by atoms with Gasteiger partial charge in [0, 0.05) is 5.57 Å². The molecule has 1 aliphatic rings. The van der Waals surface area contributed by atoms with Crippen LogP contribution >= 0.6 is 0 Å². The fourth-order valence-electron chi connectivity index (χ4n) is 2.63. The Bertz CT molecular complexity index is 418. The molecule has 1 aromatic rings. The lowest BCUT2D eigenvalue weighted by Gasteiger charge is -2.19. The normalized spacial score (nSPS) is 21.9. The number of benzene rings is 1. The second kappa shape index (κ2) is 4.38. The monoisotopic (exact) mass is 230 g/mol. The predicted octanol–water partition coefficient (Wildman–Crippen LogP) is 3.68. The second-order valence-electron chi connectivity index (χ2n) is 5.11. The van der Waals surface area contributed by atoms with Gasteiger partial charge < -0.3 is 0 Å². The van der Waals surface area contributed by atoms with Gasteiger partial charge in [-0.1, -0.05) is 61.1 Å². The van der Waals surface area contributed by atoms with Gasteiger partial charge in [-0.05, 0) is 12.0 Å². The minimum atomic E-state index is -1.29. The molecule has 1 saturated heterocycles. The molecule has 0 saturated carbocycles. The van der Waals surface area contributed by atoms with Gasteiger partial charge in [0.2, 0.25) is 0 Å². The van der Waals surface area contributed by atoms with Crippen molar-refractivity contribution < 1.29 is 4.79 Å². The van der Waals surface area contributed by atoms with Crippen LogP contribution in [0.2, 0.25) is 19.1 Å². The highest BCUT2D eigenvalue weighted by atomic mass is 28.3. The highest BCUT2D eigenvalue weighted by molar-refractivity contribution is 6.86. The third-order valence-corrected chi connectivity index (χ3v) is 7.33. The molecule has 0 aliphatic carbocycles. The van der Waals surface area contributed by atoms with Crippen molar-refractivity contribution in [3.63, 3.8) is 0 Å². The molecule has 0 atom stereocenters. The van der Waals surface area contributed by atoms with Crippen LogP contribution in [0.15, 0.2) is 35.5 Å². The summed E-state index contributed by atoms with van der Waals surface area (Å²) in [5.41, 5.74) is 2.06. The van der Waals surface area contributed by atoms with E-state index in [1.165, 1.54) is 17.7 Å². The van der Waals surface area contributed by atoms with E-state index in [1.54, 1.807) is 0 Å². The summed E-state index contributed by atoms with van der Waals surface area (Å²) in [5, 5.41) is 1.47. The van der Waals surface area contributed by atoms with E-state index in [-0.39, 0.29) is 0 Å². The van der Waals surface area contributed by atoms with Crippen LogP contribution < -0.4 is 0 Å². The van der Waals surface area contributed by atoms with Gasteiger partial charge in [0.25, 0.3) is 0 Å². The molecule has 0 aromatic heterocycles. The molecule has 0 unspecified atom stereocenters. The Kier molecular flexibility index (Phi) is 3.10. The van der Waals surface area contributed by atoms with Gasteiger partial charge in [0.15, 0.2) is 0 Å². The number of hydrogen-bond acceptors (Lipinski definition) is 1. The maximum absolute atomic E-state index is 11.3. The zero-order valence-electron chi connectivity index (χ0n) is 9.99. The standard InChI is InChI=1S/C14H18OSi/c1-16(2)10-6-9-14(16)13(11-15)12-7-4-3-5-8-12/h3-5,7-8,11H,6,9-10H2,1-2H3/b14-13+. The Labute approximate surface area is 98.2 Å². The SMILES string of the molecule is C[Si]1(C)CCC/C1=C(/C=O)c1ccccc1. The molecule has 2 heteroatoms. The Balaban J connectivity index is 2.51. The molecular formula is C14H18OSi. The van der Waals surface area contributed by atoms with Crippen LogP contribution in [0, 0.1) is 0 Å². The molecule has 2 rings (SSSR count). The smallest absolute Gasteiger partial charge is 0.150 e. The van der Waals surface area contributed by atoms with Crippen molar-refractivity contribution in [3.05, 3.63) is 41.1 Å². The lowest BCUT2D eigenvalue weighted by molar-refractivity contribution is -0.103. The van der Waals surface area contributed by atoms with Gasteiger partial charge >= 0.3 is 0 Å². The summed E-state index contributed by atoms with van der Waals surface area (Å²) < 4.78 is 0. The van der Waals surface area contributed by atoms with Crippen LogP contribution in [0.25, 0.3) is 5.57 Å². The first-order valence-electron chi connectivity index (χ1n) is 5.89. The molecule has 0 N–H and O–H groups in total. The first kappa shape index (κ1) is 11.3. The van der Waals surface area contributed by atoms with Crippen molar-refractivity contribution in [2.75, 3.05) is 0 Å². The summed E-state index contributed by atoms with van der Waals surface area (Å²) >= 11 is 0.